The van der Waals surface area contributed by atoms with Crippen LogP contribution in [0.5, 0.6) is 0 Å². The van der Waals surface area contributed by atoms with Crippen LogP contribution in [-0.4, -0.2) is 42.9 Å². The van der Waals surface area contributed by atoms with E-state index in [0.29, 0.717) is 12.6 Å². The molecule has 0 bridgehead atoms. The second kappa shape index (κ2) is 6.26. The first-order valence-corrected chi connectivity index (χ1v) is 4.64. The van der Waals surface area contributed by atoms with Gasteiger partial charge in [0.1, 0.15) is 5.88 Å². The summed E-state index contributed by atoms with van der Waals surface area (Å²) >= 11 is 5.30. The maximum atomic E-state index is 10.7. The number of carbonyl (C=O) groups is 1. The third-order valence-electron chi connectivity index (χ3n) is 1.79. The molecule has 0 saturated heterocycles. The Bertz CT molecular complexity index is 139. The predicted octanol–water partition coefficient (Wildman–Crippen LogP) is 0.682. The van der Waals surface area contributed by atoms with Gasteiger partial charge < -0.3 is 10.2 Å². The summed E-state index contributed by atoms with van der Waals surface area (Å²) in [6, 6.07) is 0.512. The van der Waals surface area contributed by atoms with E-state index in [4.69, 9.17) is 11.6 Å². The lowest BCUT2D eigenvalue weighted by molar-refractivity contribution is -0.118. The Morgan fingerprint density at radius 2 is 2.17 bits per heavy atom. The molecular weight excluding hydrogens is 176 g/mol. The summed E-state index contributed by atoms with van der Waals surface area (Å²) in [4.78, 5) is 12.9. The first kappa shape index (κ1) is 11.7. The van der Waals surface area contributed by atoms with Crippen molar-refractivity contribution >= 4 is 17.5 Å². The largest absolute Gasteiger partial charge is 0.354 e. The van der Waals surface area contributed by atoms with Crippen LogP contribution in [0.3, 0.4) is 0 Å². The monoisotopic (exact) mass is 192 g/mol. The Morgan fingerprint density at radius 3 is 2.58 bits per heavy atom. The van der Waals surface area contributed by atoms with E-state index < -0.39 is 0 Å². The van der Waals surface area contributed by atoms with Gasteiger partial charge in [-0.2, -0.15) is 0 Å². The van der Waals surface area contributed by atoms with Gasteiger partial charge in [0.25, 0.3) is 0 Å². The fourth-order valence-electron chi connectivity index (χ4n) is 0.677. The van der Waals surface area contributed by atoms with Gasteiger partial charge in [0.2, 0.25) is 5.91 Å². The molecule has 0 aliphatic heterocycles. The highest BCUT2D eigenvalue weighted by Gasteiger charge is 2.02. The minimum atomic E-state index is -0.103. The normalized spacial score (nSPS) is 10.8. The lowest BCUT2D eigenvalue weighted by Crippen LogP contribution is -2.36. The van der Waals surface area contributed by atoms with Crippen molar-refractivity contribution in [2.24, 2.45) is 0 Å². The van der Waals surface area contributed by atoms with Gasteiger partial charge in [-0.05, 0) is 20.9 Å². The van der Waals surface area contributed by atoms with Gasteiger partial charge in [-0.3, -0.25) is 4.79 Å². The molecule has 0 aliphatic rings. The van der Waals surface area contributed by atoms with E-state index in [1.807, 2.05) is 7.05 Å². The van der Waals surface area contributed by atoms with Crippen molar-refractivity contribution in [1.29, 1.82) is 0 Å². The molecule has 0 aromatic carbocycles. The number of amides is 1. The van der Waals surface area contributed by atoms with Gasteiger partial charge in [-0.15, -0.1) is 11.6 Å². The van der Waals surface area contributed by atoms with Crippen LogP contribution in [0.2, 0.25) is 0 Å². The SMILES string of the molecule is CC(C)N(C)CCNC(=O)CCl. The fourth-order valence-corrected chi connectivity index (χ4v) is 0.772. The zero-order valence-electron chi connectivity index (χ0n) is 7.93. The maximum Gasteiger partial charge on any atom is 0.234 e. The van der Waals surface area contributed by atoms with Crippen molar-refractivity contribution in [3.63, 3.8) is 0 Å². The molecule has 72 valence electrons. The molecule has 0 spiro atoms. The molecule has 4 heteroatoms. The number of likely N-dealkylation sites (N-methyl/N-ethyl adjacent to an activating group) is 1. The molecule has 1 N–H and O–H groups in total. The summed E-state index contributed by atoms with van der Waals surface area (Å²) in [7, 11) is 2.03. The fraction of sp³-hybridized carbons (Fsp3) is 0.875. The zero-order chi connectivity index (χ0) is 9.56. The van der Waals surface area contributed by atoms with Gasteiger partial charge in [0.15, 0.2) is 0 Å². The third-order valence-corrected chi connectivity index (χ3v) is 2.03. The molecule has 0 radical (unpaired) electrons. The second-order valence-electron chi connectivity index (χ2n) is 3.06. The first-order valence-electron chi connectivity index (χ1n) is 4.10. The van der Waals surface area contributed by atoms with E-state index in [9.17, 15) is 4.79 Å². The topological polar surface area (TPSA) is 32.3 Å². The van der Waals surface area contributed by atoms with Gasteiger partial charge in [0.05, 0.1) is 0 Å². The van der Waals surface area contributed by atoms with E-state index in [0.717, 1.165) is 6.54 Å². The second-order valence-corrected chi connectivity index (χ2v) is 3.33. The Hall–Kier alpha value is -0.280. The molecule has 1 amide bonds. The quantitative estimate of drug-likeness (QED) is 0.650. The van der Waals surface area contributed by atoms with E-state index in [-0.39, 0.29) is 11.8 Å². The van der Waals surface area contributed by atoms with E-state index >= 15 is 0 Å². The molecule has 0 aromatic heterocycles. The van der Waals surface area contributed by atoms with Crippen LogP contribution in [0, 0.1) is 0 Å². The summed E-state index contributed by atoms with van der Waals surface area (Å²) < 4.78 is 0. The molecule has 3 nitrogen and oxygen atoms in total. The van der Waals surface area contributed by atoms with Gasteiger partial charge in [-0.25, -0.2) is 0 Å². The summed E-state index contributed by atoms with van der Waals surface area (Å²) in [6.07, 6.45) is 0. The smallest absolute Gasteiger partial charge is 0.234 e. The summed E-state index contributed by atoms with van der Waals surface area (Å²) in [5, 5.41) is 2.71. The van der Waals surface area contributed by atoms with Crippen LogP contribution in [0.15, 0.2) is 0 Å². The number of alkyl halides is 1. The molecular formula is C8H17ClN2O. The minimum Gasteiger partial charge on any atom is -0.354 e. The summed E-state index contributed by atoms with van der Waals surface area (Å²) in [6.45, 7) is 5.76. The minimum absolute atomic E-state index is 0.0470. The number of nitrogens with one attached hydrogen (secondary N) is 1. The molecule has 0 aliphatic carbocycles. The predicted molar refractivity (Wildman–Crippen MR) is 51.5 cm³/mol. The molecule has 0 unspecified atom stereocenters. The summed E-state index contributed by atoms with van der Waals surface area (Å²) in [5.41, 5.74) is 0. The van der Waals surface area contributed by atoms with Crippen molar-refractivity contribution < 1.29 is 4.79 Å². The van der Waals surface area contributed by atoms with Crippen molar-refractivity contribution in [2.45, 2.75) is 19.9 Å². The lowest BCUT2D eigenvalue weighted by atomic mass is 10.3. The van der Waals surface area contributed by atoms with Crippen LogP contribution < -0.4 is 5.32 Å². The highest BCUT2D eigenvalue weighted by molar-refractivity contribution is 6.27. The van der Waals surface area contributed by atoms with Gasteiger partial charge in [-0.1, -0.05) is 0 Å². The number of rotatable bonds is 5. The molecule has 12 heavy (non-hydrogen) atoms. The van der Waals surface area contributed by atoms with E-state index in [1.165, 1.54) is 0 Å². The number of halogens is 1. The lowest BCUT2D eigenvalue weighted by Gasteiger charge is -2.20. The van der Waals surface area contributed by atoms with Crippen LogP contribution in [0.25, 0.3) is 0 Å². The molecule has 0 saturated carbocycles. The maximum absolute atomic E-state index is 10.7. The number of carbonyl (C=O) groups excluding carboxylic acids is 1. The first-order chi connectivity index (χ1) is 5.57. The van der Waals surface area contributed by atoms with Crippen LogP contribution in [-0.2, 0) is 4.79 Å². The Labute approximate surface area is 79.1 Å². The van der Waals surface area contributed by atoms with Gasteiger partial charge >= 0.3 is 0 Å². The van der Waals surface area contributed by atoms with Crippen molar-refractivity contribution in [2.75, 3.05) is 26.0 Å². The number of hydrogen-bond acceptors (Lipinski definition) is 2. The number of nitrogens with zero attached hydrogens (tertiary/aromatic N) is 1. The standard InChI is InChI=1S/C8H17ClN2O/c1-7(2)11(3)5-4-10-8(12)6-9/h7H,4-6H2,1-3H3,(H,10,12). The van der Waals surface area contributed by atoms with Crippen LogP contribution in [0.4, 0.5) is 0 Å². The molecule has 0 atom stereocenters. The third kappa shape index (κ3) is 5.38. The van der Waals surface area contributed by atoms with Gasteiger partial charge in [0, 0.05) is 19.1 Å². The van der Waals surface area contributed by atoms with Crippen molar-refractivity contribution in [3.05, 3.63) is 0 Å². The zero-order valence-corrected chi connectivity index (χ0v) is 8.69. The van der Waals surface area contributed by atoms with E-state index in [2.05, 4.69) is 24.1 Å². The van der Waals surface area contributed by atoms with Crippen LogP contribution >= 0.6 is 11.6 Å². The summed E-state index contributed by atoms with van der Waals surface area (Å²) in [5.74, 6) is -0.0559. The van der Waals surface area contributed by atoms with Crippen LogP contribution in [0.1, 0.15) is 13.8 Å². The Balaban J connectivity index is 3.37. The molecule has 0 heterocycles. The molecule has 0 rings (SSSR count). The Kier molecular flexibility index (Phi) is 6.11. The Morgan fingerprint density at radius 1 is 1.58 bits per heavy atom. The average molecular weight is 193 g/mol. The highest BCUT2D eigenvalue weighted by Crippen LogP contribution is 1.90. The molecule has 0 aromatic rings. The van der Waals surface area contributed by atoms with E-state index in [1.54, 1.807) is 0 Å². The highest BCUT2D eigenvalue weighted by atomic mass is 35.5. The average Bonchev–Trinajstić information content (AvgIpc) is 2.03. The van der Waals surface area contributed by atoms with Crippen molar-refractivity contribution in [3.8, 4) is 0 Å². The van der Waals surface area contributed by atoms with Crippen molar-refractivity contribution in [1.82, 2.24) is 10.2 Å². The molecule has 0 fully saturated rings. The number of hydrogen-bond donors (Lipinski definition) is 1.